The predicted octanol–water partition coefficient (Wildman–Crippen LogP) is 1.62. The quantitative estimate of drug-likeness (QED) is 0.815. The second-order valence-corrected chi connectivity index (χ2v) is 6.99. The number of benzene rings is 1. The molecule has 21 heavy (non-hydrogen) atoms. The lowest BCUT2D eigenvalue weighted by molar-refractivity contribution is -0.0653. The number of hydrogen-bond acceptors (Lipinski definition) is 3. The Morgan fingerprint density at radius 2 is 2.14 bits per heavy atom. The summed E-state index contributed by atoms with van der Waals surface area (Å²) in [6.45, 7) is 3.61. The Kier molecular flexibility index (Phi) is 2.75. The smallest absolute Gasteiger partial charge is 0.152 e. The van der Waals surface area contributed by atoms with Gasteiger partial charge in [-0.25, -0.2) is 0 Å². The average Bonchev–Trinajstić information content (AvgIpc) is 2.96. The molecule has 1 N–H and O–H groups in total. The molecule has 0 saturated carbocycles. The fourth-order valence-corrected chi connectivity index (χ4v) is 4.39. The van der Waals surface area contributed by atoms with E-state index in [0.717, 1.165) is 42.5 Å². The summed E-state index contributed by atoms with van der Waals surface area (Å²) in [5, 5.41) is 17.6. The van der Waals surface area contributed by atoms with Gasteiger partial charge in [0.1, 0.15) is 0 Å². The van der Waals surface area contributed by atoms with Crippen LogP contribution in [0.4, 0.5) is 0 Å². The third-order valence-corrected chi connectivity index (χ3v) is 5.81. The highest BCUT2D eigenvalue weighted by atomic mass is 35.5. The van der Waals surface area contributed by atoms with Crippen LogP contribution in [0.15, 0.2) is 18.3 Å². The molecule has 0 amide bonds. The number of hydrogen-bond donors (Lipinski definition) is 1. The molecule has 4 rings (SSSR count). The monoisotopic (exact) mass is 304 g/mol. The highest BCUT2D eigenvalue weighted by Gasteiger charge is 2.57. The van der Waals surface area contributed by atoms with Gasteiger partial charge in [-0.1, -0.05) is 11.6 Å². The van der Waals surface area contributed by atoms with E-state index in [9.17, 15) is 5.11 Å². The molecule has 1 fully saturated rings. The van der Waals surface area contributed by atoms with Gasteiger partial charge >= 0.3 is 0 Å². The lowest BCUT2D eigenvalue weighted by Gasteiger charge is -2.45. The Hall–Kier alpha value is -1.04. The molecule has 1 saturated heterocycles. The van der Waals surface area contributed by atoms with Crippen molar-refractivity contribution in [2.24, 2.45) is 5.92 Å². The summed E-state index contributed by atoms with van der Waals surface area (Å²) in [5.74, 6) is 0.329. The molecular formula is C15H18BClN2O2. The van der Waals surface area contributed by atoms with Crippen LogP contribution in [0.1, 0.15) is 25.3 Å². The van der Waals surface area contributed by atoms with Gasteiger partial charge in [0.15, 0.2) is 7.85 Å². The maximum absolute atomic E-state index is 11.4. The topological polar surface area (TPSA) is 47.3 Å². The van der Waals surface area contributed by atoms with Gasteiger partial charge < -0.3 is 9.84 Å². The first-order valence-corrected chi connectivity index (χ1v) is 7.82. The van der Waals surface area contributed by atoms with Crippen LogP contribution in [0.5, 0.6) is 0 Å². The minimum absolute atomic E-state index is 0.329. The SMILES string of the molecule is BC1(O)c2cc(Cl)cc3cnn(c23)C1(C)C1CCOCC1. The summed E-state index contributed by atoms with van der Waals surface area (Å²) in [4.78, 5) is 0. The Morgan fingerprint density at radius 1 is 1.43 bits per heavy atom. The van der Waals surface area contributed by atoms with E-state index in [1.807, 2.05) is 30.9 Å². The molecule has 1 aromatic carbocycles. The first-order valence-electron chi connectivity index (χ1n) is 7.44. The van der Waals surface area contributed by atoms with Crippen molar-refractivity contribution in [3.63, 3.8) is 0 Å². The van der Waals surface area contributed by atoms with Gasteiger partial charge in [-0.05, 0) is 37.8 Å². The Labute approximate surface area is 129 Å². The van der Waals surface area contributed by atoms with Gasteiger partial charge in [0.05, 0.1) is 22.8 Å². The number of halogens is 1. The van der Waals surface area contributed by atoms with Crippen LogP contribution < -0.4 is 0 Å². The maximum Gasteiger partial charge on any atom is 0.152 e. The molecule has 6 heteroatoms. The maximum atomic E-state index is 11.4. The number of nitrogens with zero attached hydrogens (tertiary/aromatic N) is 2. The molecule has 1 aromatic heterocycles. The zero-order valence-corrected chi connectivity index (χ0v) is 13.0. The summed E-state index contributed by atoms with van der Waals surface area (Å²) in [6.07, 6.45) is 3.73. The highest BCUT2D eigenvalue weighted by molar-refractivity contribution is 6.31. The van der Waals surface area contributed by atoms with Crippen LogP contribution in [0, 0.1) is 5.92 Å². The van der Waals surface area contributed by atoms with Crippen LogP contribution in [0.2, 0.25) is 5.02 Å². The molecule has 2 atom stereocenters. The van der Waals surface area contributed by atoms with Crippen LogP contribution >= 0.6 is 11.6 Å². The summed E-state index contributed by atoms with van der Waals surface area (Å²) in [7, 11) is 1.89. The molecule has 2 aromatic rings. The lowest BCUT2D eigenvalue weighted by Crippen LogP contribution is -2.54. The molecule has 3 heterocycles. The summed E-state index contributed by atoms with van der Waals surface area (Å²) in [5.41, 5.74) is 0.447. The van der Waals surface area contributed by atoms with Crippen LogP contribution in [-0.4, -0.2) is 35.9 Å². The van der Waals surface area contributed by atoms with E-state index in [-0.39, 0.29) is 0 Å². The van der Waals surface area contributed by atoms with E-state index in [1.54, 1.807) is 0 Å². The van der Waals surface area contributed by atoms with Gasteiger partial charge in [0.2, 0.25) is 0 Å². The minimum Gasteiger partial charge on any atom is -0.392 e. The van der Waals surface area contributed by atoms with Crippen molar-refractivity contribution in [1.29, 1.82) is 0 Å². The van der Waals surface area contributed by atoms with Crippen molar-refractivity contribution in [3.8, 4) is 0 Å². The number of aromatic nitrogens is 2. The molecule has 2 aliphatic rings. The molecule has 2 aliphatic heterocycles. The normalized spacial score (nSPS) is 32.9. The third kappa shape index (κ3) is 1.57. The fraction of sp³-hybridized carbons (Fsp3) is 0.533. The average molecular weight is 305 g/mol. The zero-order chi connectivity index (χ0) is 14.8. The van der Waals surface area contributed by atoms with Crippen LogP contribution in [-0.2, 0) is 15.8 Å². The van der Waals surface area contributed by atoms with E-state index >= 15 is 0 Å². The van der Waals surface area contributed by atoms with E-state index in [4.69, 9.17) is 16.3 Å². The van der Waals surface area contributed by atoms with Crippen molar-refractivity contribution in [2.75, 3.05) is 13.2 Å². The van der Waals surface area contributed by atoms with Gasteiger partial charge in [0, 0.05) is 29.2 Å². The van der Waals surface area contributed by atoms with E-state index < -0.39 is 11.0 Å². The van der Waals surface area contributed by atoms with E-state index in [1.165, 1.54) is 0 Å². The Morgan fingerprint density at radius 3 is 2.86 bits per heavy atom. The highest BCUT2D eigenvalue weighted by Crippen LogP contribution is 2.53. The fourth-order valence-electron chi connectivity index (χ4n) is 4.17. The number of rotatable bonds is 1. The molecule has 0 spiro atoms. The second kappa shape index (κ2) is 4.25. The minimum atomic E-state index is -0.984. The number of ether oxygens (including phenoxy) is 1. The van der Waals surface area contributed by atoms with Gasteiger partial charge in [-0.3, -0.25) is 4.68 Å². The van der Waals surface area contributed by atoms with Crippen molar-refractivity contribution < 1.29 is 9.84 Å². The first-order chi connectivity index (χ1) is 9.96. The van der Waals surface area contributed by atoms with E-state index in [2.05, 4.69) is 12.0 Å². The van der Waals surface area contributed by atoms with Gasteiger partial charge in [0.25, 0.3) is 0 Å². The third-order valence-electron chi connectivity index (χ3n) is 5.59. The largest absolute Gasteiger partial charge is 0.392 e. The predicted molar refractivity (Wildman–Crippen MR) is 84.4 cm³/mol. The van der Waals surface area contributed by atoms with Crippen LogP contribution in [0.25, 0.3) is 10.9 Å². The standard InChI is InChI=1S/C15H18BClN2O2/c1-14(10-2-4-21-5-3-10)15(16,20)12-7-11(17)6-9-8-18-19(14)13(9)12/h6-8,10,20H,2-5,16H2,1H3. The first kappa shape index (κ1) is 13.6. The van der Waals surface area contributed by atoms with Crippen molar-refractivity contribution in [1.82, 2.24) is 9.78 Å². The number of aliphatic hydroxyl groups is 1. The summed E-state index contributed by atoms with van der Waals surface area (Å²) < 4.78 is 7.51. The van der Waals surface area contributed by atoms with Gasteiger partial charge in [-0.2, -0.15) is 5.10 Å². The molecule has 0 radical (unpaired) electrons. The molecule has 0 bridgehead atoms. The van der Waals surface area contributed by atoms with Crippen molar-refractivity contribution >= 4 is 30.4 Å². The Bertz CT molecular complexity index is 724. The lowest BCUT2D eigenvalue weighted by atomic mass is 9.59. The molecule has 110 valence electrons. The molecule has 0 aliphatic carbocycles. The molecular weight excluding hydrogens is 286 g/mol. The van der Waals surface area contributed by atoms with Crippen LogP contribution in [0.3, 0.4) is 0 Å². The summed E-state index contributed by atoms with van der Waals surface area (Å²) in [6, 6.07) is 3.79. The molecule has 4 nitrogen and oxygen atoms in total. The van der Waals surface area contributed by atoms with Gasteiger partial charge in [-0.15, -0.1) is 0 Å². The molecule has 2 unspecified atom stereocenters. The van der Waals surface area contributed by atoms with Crippen molar-refractivity contribution in [2.45, 2.75) is 30.8 Å². The zero-order valence-electron chi connectivity index (χ0n) is 12.3. The second-order valence-electron chi connectivity index (χ2n) is 6.55. The summed E-state index contributed by atoms with van der Waals surface area (Å²) >= 11 is 6.22. The van der Waals surface area contributed by atoms with Crippen molar-refractivity contribution in [3.05, 3.63) is 28.9 Å². The Balaban J connectivity index is 1.97. The van der Waals surface area contributed by atoms with E-state index in [0.29, 0.717) is 10.9 Å².